The van der Waals surface area contributed by atoms with Crippen molar-refractivity contribution in [2.45, 2.75) is 0 Å². The third kappa shape index (κ3) is 4.49. The first-order chi connectivity index (χ1) is 13.4. The number of benzene rings is 2. The van der Waals surface area contributed by atoms with E-state index in [4.69, 9.17) is 4.74 Å². The molecule has 2 aromatic carbocycles. The number of carbonyl (C=O) groups excluding carboxylic acids is 2. The summed E-state index contributed by atoms with van der Waals surface area (Å²) in [5.74, 6) is -1.40. The van der Waals surface area contributed by atoms with E-state index in [9.17, 15) is 24.5 Å². The van der Waals surface area contributed by atoms with Gasteiger partial charge in [0.15, 0.2) is 6.61 Å². The van der Waals surface area contributed by atoms with Crippen LogP contribution in [-0.2, 0) is 14.3 Å². The molecule has 0 bridgehead atoms. The van der Waals surface area contributed by atoms with Crippen LogP contribution in [0.25, 0.3) is 17.1 Å². The van der Waals surface area contributed by atoms with Crippen LogP contribution in [0.4, 0.5) is 11.4 Å². The first-order valence-corrected chi connectivity index (χ1v) is 8.02. The van der Waals surface area contributed by atoms with Crippen LogP contribution in [0.5, 0.6) is 0 Å². The van der Waals surface area contributed by atoms with Gasteiger partial charge >= 0.3 is 11.7 Å². The number of nitro groups is 1. The molecule has 3 rings (SSSR count). The molecule has 142 valence electrons. The van der Waals surface area contributed by atoms with E-state index in [0.29, 0.717) is 16.7 Å². The number of amides is 1. The van der Waals surface area contributed by atoms with Crippen molar-refractivity contribution < 1.29 is 19.2 Å². The molecule has 3 aromatic rings. The number of nitrogens with zero attached hydrogens (tertiary/aromatic N) is 1. The molecule has 0 radical (unpaired) electrons. The highest BCUT2D eigenvalue weighted by Gasteiger charge is 2.11. The Bertz CT molecular complexity index is 1140. The number of H-pyrrole nitrogens is 2. The van der Waals surface area contributed by atoms with Gasteiger partial charge in [-0.05, 0) is 30.3 Å². The smallest absolute Gasteiger partial charge is 0.331 e. The van der Waals surface area contributed by atoms with Crippen molar-refractivity contribution in [2.24, 2.45) is 0 Å². The van der Waals surface area contributed by atoms with E-state index in [-0.39, 0.29) is 16.9 Å². The molecule has 0 spiro atoms. The van der Waals surface area contributed by atoms with Gasteiger partial charge in [-0.2, -0.15) is 0 Å². The van der Waals surface area contributed by atoms with E-state index in [1.807, 2.05) is 0 Å². The van der Waals surface area contributed by atoms with Crippen molar-refractivity contribution in [3.8, 4) is 0 Å². The maximum absolute atomic E-state index is 11.9. The second kappa shape index (κ2) is 7.99. The lowest BCUT2D eigenvalue weighted by Crippen LogP contribution is -2.20. The van der Waals surface area contributed by atoms with Crippen molar-refractivity contribution in [3.63, 3.8) is 0 Å². The van der Waals surface area contributed by atoms with Gasteiger partial charge in [-0.3, -0.25) is 14.9 Å². The first-order valence-electron chi connectivity index (χ1n) is 8.02. The molecule has 10 heteroatoms. The van der Waals surface area contributed by atoms with E-state index in [1.54, 1.807) is 24.3 Å². The monoisotopic (exact) mass is 382 g/mol. The molecule has 0 aliphatic carbocycles. The predicted molar refractivity (Wildman–Crippen MR) is 101 cm³/mol. The topological polar surface area (TPSA) is 147 Å². The van der Waals surface area contributed by atoms with Gasteiger partial charge in [0.25, 0.3) is 11.6 Å². The van der Waals surface area contributed by atoms with Crippen LogP contribution in [0.1, 0.15) is 5.56 Å². The van der Waals surface area contributed by atoms with Gasteiger partial charge in [0.1, 0.15) is 0 Å². The first kappa shape index (κ1) is 18.6. The number of aromatic nitrogens is 2. The van der Waals surface area contributed by atoms with E-state index in [1.165, 1.54) is 24.3 Å². The molecule has 0 aliphatic rings. The SMILES string of the molecule is O=C(COC(=O)/C=C/c1ccccc1[N+](=O)[O-])Nc1ccc2[nH]c(=O)[nH]c2c1. The fourth-order valence-corrected chi connectivity index (χ4v) is 2.44. The summed E-state index contributed by atoms with van der Waals surface area (Å²) in [6.07, 6.45) is 2.25. The van der Waals surface area contributed by atoms with Crippen LogP contribution >= 0.6 is 0 Å². The summed E-state index contributed by atoms with van der Waals surface area (Å²) in [5, 5.41) is 13.5. The van der Waals surface area contributed by atoms with Crippen LogP contribution < -0.4 is 11.0 Å². The Balaban J connectivity index is 1.55. The normalized spacial score (nSPS) is 10.9. The molecule has 10 nitrogen and oxygen atoms in total. The molecule has 0 atom stereocenters. The van der Waals surface area contributed by atoms with Crippen molar-refractivity contribution in [2.75, 3.05) is 11.9 Å². The number of esters is 1. The van der Waals surface area contributed by atoms with E-state index in [2.05, 4.69) is 15.3 Å². The van der Waals surface area contributed by atoms with Gasteiger partial charge in [-0.1, -0.05) is 12.1 Å². The van der Waals surface area contributed by atoms with Gasteiger partial charge < -0.3 is 20.0 Å². The quantitative estimate of drug-likeness (QED) is 0.257. The van der Waals surface area contributed by atoms with Crippen molar-refractivity contribution in [3.05, 3.63) is 74.7 Å². The number of hydrogen-bond acceptors (Lipinski definition) is 6. The van der Waals surface area contributed by atoms with Crippen LogP contribution in [-0.4, -0.2) is 33.4 Å². The van der Waals surface area contributed by atoms with E-state index >= 15 is 0 Å². The number of hydrogen-bond donors (Lipinski definition) is 3. The van der Waals surface area contributed by atoms with Gasteiger partial charge in [-0.25, -0.2) is 9.59 Å². The minimum atomic E-state index is -0.821. The Morgan fingerprint density at radius 3 is 2.68 bits per heavy atom. The molecule has 0 aliphatic heterocycles. The summed E-state index contributed by atoms with van der Waals surface area (Å²) in [4.78, 5) is 50.3. The van der Waals surface area contributed by atoms with E-state index in [0.717, 1.165) is 6.08 Å². The highest BCUT2D eigenvalue weighted by atomic mass is 16.6. The number of nitro benzene ring substituents is 1. The molecule has 0 unspecified atom stereocenters. The molecular formula is C18H14N4O6. The molecule has 1 heterocycles. The molecule has 28 heavy (non-hydrogen) atoms. The van der Waals surface area contributed by atoms with E-state index < -0.39 is 23.4 Å². The van der Waals surface area contributed by atoms with Crippen molar-refractivity contribution >= 4 is 40.4 Å². The van der Waals surface area contributed by atoms with Crippen molar-refractivity contribution in [1.29, 1.82) is 0 Å². The van der Waals surface area contributed by atoms with Crippen LogP contribution in [0, 0.1) is 10.1 Å². The number of imidazole rings is 1. The Labute approximate surface area is 157 Å². The van der Waals surface area contributed by atoms with Crippen LogP contribution in [0.15, 0.2) is 53.3 Å². The molecule has 3 N–H and O–H groups in total. The average Bonchev–Trinajstić information content (AvgIpc) is 3.04. The standard InChI is InChI=1S/C18H14N4O6/c23-16(19-12-6-7-13-14(9-12)21-18(25)20-13)10-28-17(24)8-5-11-3-1-2-4-15(11)22(26)27/h1-9H,10H2,(H,19,23)(H2,20,21,25)/b8-5+. The Morgan fingerprint density at radius 2 is 1.89 bits per heavy atom. The summed E-state index contributed by atoms with van der Waals surface area (Å²) in [7, 11) is 0. The number of rotatable bonds is 6. The maximum atomic E-state index is 11.9. The minimum Gasteiger partial charge on any atom is -0.452 e. The summed E-state index contributed by atoms with van der Waals surface area (Å²) >= 11 is 0. The van der Waals surface area contributed by atoms with Crippen LogP contribution in [0.3, 0.4) is 0 Å². The largest absolute Gasteiger partial charge is 0.452 e. The number of carbonyl (C=O) groups is 2. The second-order valence-corrected chi connectivity index (χ2v) is 5.64. The molecule has 1 aromatic heterocycles. The summed E-state index contributed by atoms with van der Waals surface area (Å²) in [6, 6.07) is 10.7. The fourth-order valence-electron chi connectivity index (χ4n) is 2.44. The molecule has 1 amide bonds. The minimum absolute atomic E-state index is 0.150. The maximum Gasteiger partial charge on any atom is 0.331 e. The van der Waals surface area contributed by atoms with Gasteiger partial charge in [0.05, 0.1) is 21.5 Å². The number of aromatic amines is 2. The summed E-state index contributed by atoms with van der Waals surface area (Å²) in [5.41, 5.74) is 1.25. The Kier molecular flexibility index (Phi) is 5.30. The number of fused-ring (bicyclic) bond motifs is 1. The lowest BCUT2D eigenvalue weighted by atomic mass is 10.1. The zero-order valence-corrected chi connectivity index (χ0v) is 14.3. The third-order valence-electron chi connectivity index (χ3n) is 3.68. The number of ether oxygens (including phenoxy) is 1. The van der Waals surface area contributed by atoms with Crippen LogP contribution in [0.2, 0.25) is 0 Å². The fraction of sp³-hybridized carbons (Fsp3) is 0.0556. The zero-order chi connectivity index (χ0) is 20.1. The lowest BCUT2D eigenvalue weighted by Gasteiger charge is -2.05. The zero-order valence-electron chi connectivity index (χ0n) is 14.3. The molecule has 0 fully saturated rings. The Morgan fingerprint density at radius 1 is 1.14 bits per heavy atom. The Hall–Kier alpha value is -4.21. The van der Waals surface area contributed by atoms with Crippen molar-refractivity contribution in [1.82, 2.24) is 9.97 Å². The average molecular weight is 382 g/mol. The molecular weight excluding hydrogens is 368 g/mol. The van der Waals surface area contributed by atoms with Gasteiger partial charge in [-0.15, -0.1) is 0 Å². The highest BCUT2D eigenvalue weighted by Crippen LogP contribution is 2.19. The second-order valence-electron chi connectivity index (χ2n) is 5.64. The third-order valence-corrected chi connectivity index (χ3v) is 3.68. The lowest BCUT2D eigenvalue weighted by molar-refractivity contribution is -0.385. The summed E-state index contributed by atoms with van der Waals surface area (Å²) < 4.78 is 4.82. The summed E-state index contributed by atoms with van der Waals surface area (Å²) in [6.45, 7) is -0.540. The predicted octanol–water partition coefficient (Wildman–Crippen LogP) is 1.96. The number of para-hydroxylation sites is 1. The van der Waals surface area contributed by atoms with Gasteiger partial charge in [0, 0.05) is 17.8 Å². The molecule has 0 saturated heterocycles. The highest BCUT2D eigenvalue weighted by molar-refractivity contribution is 5.96. The number of nitrogens with one attached hydrogen (secondary N) is 3. The van der Waals surface area contributed by atoms with Gasteiger partial charge in [0.2, 0.25) is 0 Å². The molecule has 0 saturated carbocycles. The number of anilines is 1.